The number of carbonyl (C=O) groups is 3. The molecule has 1 fully saturated rings. The molecule has 0 aliphatic carbocycles. The predicted molar refractivity (Wildman–Crippen MR) is 109 cm³/mol. The van der Waals surface area contributed by atoms with Gasteiger partial charge in [0.05, 0.1) is 0 Å². The number of hydrogen-bond donors (Lipinski definition) is 1. The van der Waals surface area contributed by atoms with Crippen molar-refractivity contribution >= 4 is 23.5 Å². The van der Waals surface area contributed by atoms with Crippen molar-refractivity contribution in [2.45, 2.75) is 39.3 Å². The average Bonchev–Trinajstić information content (AvgIpc) is 2.63. The first kappa shape index (κ1) is 21.9. The van der Waals surface area contributed by atoms with Gasteiger partial charge in [-0.1, -0.05) is 42.5 Å². The van der Waals surface area contributed by atoms with Crippen LogP contribution in [0.2, 0.25) is 0 Å². The van der Waals surface area contributed by atoms with E-state index in [2.05, 4.69) is 0 Å². The monoisotopic (exact) mass is 426 g/mol. The summed E-state index contributed by atoms with van der Waals surface area (Å²) in [5, 5.41) is 10.1. The van der Waals surface area contributed by atoms with Crippen LogP contribution in [0.4, 0.5) is 0 Å². The molecule has 31 heavy (non-hydrogen) atoms. The van der Waals surface area contributed by atoms with Gasteiger partial charge in [0.15, 0.2) is 0 Å². The molecule has 0 unspecified atom stereocenters. The van der Waals surface area contributed by atoms with E-state index in [4.69, 9.17) is 18.9 Å². The van der Waals surface area contributed by atoms with E-state index in [1.165, 1.54) is 52.0 Å². The van der Waals surface area contributed by atoms with E-state index in [1.807, 2.05) is 6.07 Å². The van der Waals surface area contributed by atoms with E-state index < -0.39 is 35.4 Å². The summed E-state index contributed by atoms with van der Waals surface area (Å²) in [4.78, 5) is 36.5. The van der Waals surface area contributed by atoms with Crippen LogP contribution in [0, 0.1) is 0 Å². The second-order valence-electron chi connectivity index (χ2n) is 7.69. The summed E-state index contributed by atoms with van der Waals surface area (Å²) >= 11 is 0. The van der Waals surface area contributed by atoms with E-state index >= 15 is 0 Å². The number of hydrogen-bond acceptors (Lipinski definition) is 8. The largest absolute Gasteiger partial charge is 0.480 e. The molecule has 0 bridgehead atoms. The molecule has 0 spiro atoms. The van der Waals surface area contributed by atoms with E-state index in [0.717, 1.165) is 5.56 Å². The Labute approximate surface area is 179 Å². The Balaban J connectivity index is 1.97. The number of esters is 3. The van der Waals surface area contributed by atoms with E-state index in [0.29, 0.717) is 5.57 Å². The number of carbonyl (C=O) groups excluding carboxylic acids is 3. The lowest BCUT2D eigenvalue weighted by molar-refractivity contribution is -0.223. The van der Waals surface area contributed by atoms with Gasteiger partial charge in [0.2, 0.25) is 0 Å². The molecule has 1 N–H and O–H groups in total. The zero-order valence-electron chi connectivity index (χ0n) is 17.5. The maximum absolute atomic E-state index is 12.2. The van der Waals surface area contributed by atoms with Crippen LogP contribution in [0.15, 0.2) is 71.7 Å². The van der Waals surface area contributed by atoms with Crippen LogP contribution in [0.3, 0.4) is 0 Å². The number of benzene rings is 1. The molecule has 0 aromatic heterocycles. The quantitative estimate of drug-likeness (QED) is 0.337. The van der Waals surface area contributed by atoms with Gasteiger partial charge in [0.25, 0.3) is 17.5 Å². The third-order valence-electron chi connectivity index (χ3n) is 4.21. The first-order valence-electron chi connectivity index (χ1n) is 9.45. The second kappa shape index (κ2) is 8.14. The first-order valence-corrected chi connectivity index (χ1v) is 9.45. The molecule has 2 aliphatic rings. The number of allylic oxidation sites excluding steroid dienone is 4. The molecule has 1 aromatic rings. The van der Waals surface area contributed by atoms with Crippen molar-refractivity contribution in [3.63, 3.8) is 0 Å². The SMILES string of the molecule is CC1(C)OC(=O)C(=C/C=C(/C=C/C2=C(O)OC(C)(C)OC2=O)c2ccccc2)C(=O)O1. The highest BCUT2D eigenvalue weighted by Gasteiger charge is 2.38. The molecule has 0 amide bonds. The van der Waals surface area contributed by atoms with E-state index in [9.17, 15) is 19.5 Å². The second-order valence-corrected chi connectivity index (χ2v) is 7.69. The summed E-state index contributed by atoms with van der Waals surface area (Å²) in [5.41, 5.74) is 0.799. The number of rotatable bonds is 4. The Kier molecular flexibility index (Phi) is 5.75. The normalized spacial score (nSPS) is 20.7. The molecule has 0 atom stereocenters. The molecule has 0 radical (unpaired) electrons. The minimum absolute atomic E-state index is 0.174. The highest BCUT2D eigenvalue weighted by atomic mass is 16.8. The number of aliphatic hydroxyl groups is 1. The van der Waals surface area contributed by atoms with Gasteiger partial charge in [0, 0.05) is 27.7 Å². The van der Waals surface area contributed by atoms with Crippen LogP contribution in [0.25, 0.3) is 5.57 Å². The van der Waals surface area contributed by atoms with Crippen molar-refractivity contribution < 1.29 is 38.4 Å². The van der Waals surface area contributed by atoms with Gasteiger partial charge in [-0.05, 0) is 23.3 Å². The van der Waals surface area contributed by atoms with Gasteiger partial charge in [-0.15, -0.1) is 0 Å². The van der Waals surface area contributed by atoms with Gasteiger partial charge in [-0.2, -0.15) is 0 Å². The number of cyclic esters (lactones) is 3. The van der Waals surface area contributed by atoms with Crippen molar-refractivity contribution in [2.24, 2.45) is 0 Å². The molecule has 3 rings (SSSR count). The van der Waals surface area contributed by atoms with Crippen molar-refractivity contribution in [1.29, 1.82) is 0 Å². The Hall–Kier alpha value is -3.81. The van der Waals surface area contributed by atoms with Gasteiger partial charge >= 0.3 is 17.9 Å². The lowest BCUT2D eigenvalue weighted by Crippen LogP contribution is -2.41. The summed E-state index contributed by atoms with van der Waals surface area (Å²) in [6, 6.07) is 9.01. The topological polar surface area (TPSA) is 108 Å². The third-order valence-corrected chi connectivity index (χ3v) is 4.21. The van der Waals surface area contributed by atoms with Crippen LogP contribution in [0.1, 0.15) is 33.3 Å². The van der Waals surface area contributed by atoms with Crippen molar-refractivity contribution in [2.75, 3.05) is 0 Å². The van der Waals surface area contributed by atoms with Crippen LogP contribution in [-0.4, -0.2) is 34.6 Å². The number of aliphatic hydroxyl groups excluding tert-OH is 1. The fourth-order valence-electron chi connectivity index (χ4n) is 2.84. The molecular weight excluding hydrogens is 404 g/mol. The van der Waals surface area contributed by atoms with E-state index in [-0.39, 0.29) is 11.1 Å². The maximum Gasteiger partial charge on any atom is 0.348 e. The lowest BCUT2D eigenvalue weighted by Gasteiger charge is -2.29. The molecule has 1 saturated heterocycles. The highest BCUT2D eigenvalue weighted by molar-refractivity contribution is 6.15. The Bertz CT molecular complexity index is 1020. The fraction of sp³-hybridized carbons (Fsp3) is 0.261. The van der Waals surface area contributed by atoms with Crippen LogP contribution < -0.4 is 0 Å². The molecule has 2 heterocycles. The summed E-state index contributed by atoms with van der Waals surface area (Å²) in [6.45, 7) is 5.90. The predicted octanol–water partition coefficient (Wildman–Crippen LogP) is 3.47. The summed E-state index contributed by atoms with van der Waals surface area (Å²) in [7, 11) is 0. The number of ether oxygens (including phenoxy) is 4. The lowest BCUT2D eigenvalue weighted by atomic mass is 10.0. The molecule has 2 aliphatic heterocycles. The molecule has 0 saturated carbocycles. The van der Waals surface area contributed by atoms with Crippen molar-refractivity contribution in [3.05, 3.63) is 77.3 Å². The first-order chi connectivity index (χ1) is 14.5. The minimum atomic E-state index is -1.34. The fourth-order valence-corrected chi connectivity index (χ4v) is 2.84. The minimum Gasteiger partial charge on any atom is -0.480 e. The molecule has 8 nitrogen and oxygen atoms in total. The van der Waals surface area contributed by atoms with Gasteiger partial charge in [-0.3, -0.25) is 0 Å². The zero-order chi connectivity index (χ0) is 22.8. The van der Waals surface area contributed by atoms with E-state index in [1.54, 1.807) is 24.3 Å². The third kappa shape index (κ3) is 5.22. The molecule has 1 aromatic carbocycles. The van der Waals surface area contributed by atoms with Crippen LogP contribution in [-0.2, 0) is 33.3 Å². The van der Waals surface area contributed by atoms with Gasteiger partial charge in [0.1, 0.15) is 11.1 Å². The van der Waals surface area contributed by atoms with Gasteiger partial charge < -0.3 is 24.1 Å². The molecule has 162 valence electrons. The Morgan fingerprint density at radius 1 is 0.839 bits per heavy atom. The Morgan fingerprint density at radius 3 is 1.97 bits per heavy atom. The van der Waals surface area contributed by atoms with Crippen LogP contribution in [0.5, 0.6) is 0 Å². The zero-order valence-corrected chi connectivity index (χ0v) is 17.5. The summed E-state index contributed by atoms with van der Waals surface area (Å²) in [6.07, 6.45) is 5.62. The van der Waals surface area contributed by atoms with Crippen molar-refractivity contribution in [3.8, 4) is 0 Å². The highest BCUT2D eigenvalue weighted by Crippen LogP contribution is 2.27. The average molecular weight is 426 g/mol. The summed E-state index contributed by atoms with van der Waals surface area (Å²) < 4.78 is 20.5. The van der Waals surface area contributed by atoms with Crippen molar-refractivity contribution in [1.82, 2.24) is 0 Å². The molecule has 8 heteroatoms. The smallest absolute Gasteiger partial charge is 0.348 e. The van der Waals surface area contributed by atoms with Crippen LogP contribution >= 0.6 is 0 Å². The molecular formula is C23H22O8. The maximum atomic E-state index is 12.2. The van der Waals surface area contributed by atoms with Gasteiger partial charge in [-0.25, -0.2) is 14.4 Å². The standard InChI is InChI=1S/C23H22O8/c1-22(2)28-18(24)16(19(25)29-22)12-10-15(14-8-6-5-7-9-14)11-13-17-20(26)30-23(3,4)31-21(17)27/h5-13,24H,1-4H3/b12-10+,15-11-. The Morgan fingerprint density at radius 2 is 1.39 bits per heavy atom. The summed E-state index contributed by atoms with van der Waals surface area (Å²) in [5.74, 6) is -5.55.